The first-order chi connectivity index (χ1) is 9.67. The van der Waals surface area contributed by atoms with Gasteiger partial charge in [0.15, 0.2) is 0 Å². The van der Waals surface area contributed by atoms with Crippen LogP contribution in [0.15, 0.2) is 18.2 Å². The Kier molecular flexibility index (Phi) is 4.79. The Morgan fingerprint density at radius 1 is 1.52 bits per heavy atom. The number of nitrogens with zero attached hydrogens (tertiary/aromatic N) is 1. The summed E-state index contributed by atoms with van der Waals surface area (Å²) in [6.45, 7) is 0.299. The fourth-order valence-electron chi connectivity index (χ4n) is 1.66. The Balaban J connectivity index is 3.21. The van der Waals surface area contributed by atoms with Gasteiger partial charge in [-0.15, -0.1) is 0 Å². The summed E-state index contributed by atoms with van der Waals surface area (Å²) in [6, 6.07) is 3.25. The zero-order valence-corrected chi connectivity index (χ0v) is 11.3. The molecule has 2 N–H and O–H groups in total. The number of carbonyl (C=O) groups is 2. The van der Waals surface area contributed by atoms with E-state index in [1.807, 2.05) is 5.32 Å². The van der Waals surface area contributed by atoms with Crippen LogP contribution in [0.2, 0.25) is 0 Å². The second kappa shape index (κ2) is 6.16. The van der Waals surface area contributed by atoms with Gasteiger partial charge in [0.25, 0.3) is 0 Å². The van der Waals surface area contributed by atoms with Crippen LogP contribution in [0, 0.1) is 10.1 Å². The Morgan fingerprint density at radius 3 is 2.62 bits per heavy atom. The molecule has 0 saturated carbocycles. The van der Waals surface area contributed by atoms with Gasteiger partial charge in [-0.3, -0.25) is 15.4 Å². The van der Waals surface area contributed by atoms with Crippen LogP contribution in [0.3, 0.4) is 0 Å². The van der Waals surface area contributed by atoms with Crippen LogP contribution in [-0.4, -0.2) is 29.2 Å². The molecule has 0 saturated heterocycles. The summed E-state index contributed by atoms with van der Waals surface area (Å²) in [6.07, 6.45) is -1.04. The average molecular weight is 300 g/mol. The molecule has 21 heavy (non-hydrogen) atoms. The molecule has 0 radical (unpaired) electrons. The van der Waals surface area contributed by atoms with Gasteiger partial charge >= 0.3 is 12.1 Å². The average Bonchev–Trinajstić information content (AvgIpc) is 2.37. The molecule has 9 heteroatoms. The van der Waals surface area contributed by atoms with Gasteiger partial charge in [0.05, 0.1) is 12.7 Å². The van der Waals surface area contributed by atoms with E-state index in [9.17, 15) is 24.1 Å². The molecular weight excluding hydrogens is 287 g/mol. The topological polar surface area (TPSA) is 119 Å². The second-order valence-electron chi connectivity index (χ2n) is 4.29. The number of alkyl halides is 1. The summed E-state index contributed by atoms with van der Waals surface area (Å²) >= 11 is 0. The van der Waals surface area contributed by atoms with E-state index in [-0.39, 0.29) is 11.1 Å². The molecule has 1 rings (SSSR count). The van der Waals surface area contributed by atoms with Crippen LogP contribution in [0.5, 0.6) is 0 Å². The molecule has 0 fully saturated rings. The number of benzene rings is 1. The number of amides is 1. The van der Waals surface area contributed by atoms with Crippen LogP contribution in [0.4, 0.5) is 9.18 Å². The summed E-state index contributed by atoms with van der Waals surface area (Å²) < 4.78 is 18.6. The monoisotopic (exact) mass is 300 g/mol. The maximum Gasteiger partial charge on any atom is 0.409 e. The number of aromatic carboxylic acids is 1. The van der Waals surface area contributed by atoms with Crippen molar-refractivity contribution in [3.63, 3.8) is 0 Å². The molecule has 1 amide bonds. The lowest BCUT2D eigenvalue weighted by molar-refractivity contribution is -0.496. The van der Waals surface area contributed by atoms with Crippen molar-refractivity contribution in [2.24, 2.45) is 0 Å². The largest absolute Gasteiger partial charge is 0.478 e. The van der Waals surface area contributed by atoms with Crippen LogP contribution in [0.1, 0.15) is 28.4 Å². The van der Waals surface area contributed by atoms with Crippen molar-refractivity contribution in [1.82, 2.24) is 5.32 Å². The number of halogens is 1. The van der Waals surface area contributed by atoms with Gasteiger partial charge < -0.3 is 9.84 Å². The van der Waals surface area contributed by atoms with Crippen LogP contribution in [0.25, 0.3) is 0 Å². The van der Waals surface area contributed by atoms with Crippen molar-refractivity contribution >= 4 is 12.1 Å². The maximum absolute atomic E-state index is 14.4. The number of methoxy groups -OCH3 is 1. The second-order valence-corrected chi connectivity index (χ2v) is 4.29. The van der Waals surface area contributed by atoms with Gasteiger partial charge in [0.1, 0.15) is 0 Å². The smallest absolute Gasteiger partial charge is 0.409 e. The molecular formula is C12H13FN2O6. The summed E-state index contributed by atoms with van der Waals surface area (Å²) in [5.41, 5.74) is -0.637. The van der Waals surface area contributed by atoms with Crippen LogP contribution >= 0.6 is 0 Å². The summed E-state index contributed by atoms with van der Waals surface area (Å²) in [7, 11) is 1.05. The number of alkyl carbamates (subject to hydrolysis) is 1. The number of carbonyl (C=O) groups excluding carboxylic acids is 1. The van der Waals surface area contributed by atoms with E-state index in [4.69, 9.17) is 5.11 Å². The van der Waals surface area contributed by atoms with Gasteiger partial charge in [0.2, 0.25) is 12.3 Å². The minimum atomic E-state index is -2.38. The molecule has 114 valence electrons. The minimum absolute atomic E-state index is 0.0647. The molecule has 0 aliphatic heterocycles. The molecule has 0 bridgehead atoms. The molecule has 1 aromatic carbocycles. The quantitative estimate of drug-likeness (QED) is 0.485. The SMILES string of the molecule is COC(=O)NC(C)(F)c1ccc(C[N+](=O)[O-])c(C(=O)O)c1. The molecule has 8 nitrogen and oxygen atoms in total. The number of ether oxygens (including phenoxy) is 1. The van der Waals surface area contributed by atoms with Gasteiger partial charge in [-0.1, -0.05) is 12.1 Å². The number of carboxylic acids is 1. The van der Waals surface area contributed by atoms with Crippen molar-refractivity contribution in [2.45, 2.75) is 19.3 Å². The molecule has 0 aliphatic rings. The Labute approximate surface area is 118 Å². The lowest BCUT2D eigenvalue weighted by Crippen LogP contribution is -2.39. The number of carboxylic acid groups (broad SMARTS) is 1. The first kappa shape index (κ1) is 16.3. The molecule has 1 aromatic rings. The van der Waals surface area contributed by atoms with Gasteiger partial charge in [-0.05, 0) is 13.0 Å². The Morgan fingerprint density at radius 2 is 2.14 bits per heavy atom. The zero-order chi connectivity index (χ0) is 16.2. The zero-order valence-electron chi connectivity index (χ0n) is 11.3. The third-order valence-electron chi connectivity index (χ3n) is 2.70. The Hall–Kier alpha value is -2.71. The number of hydrogen-bond acceptors (Lipinski definition) is 5. The van der Waals surface area contributed by atoms with E-state index in [0.29, 0.717) is 0 Å². The van der Waals surface area contributed by atoms with Crippen molar-refractivity contribution in [3.05, 3.63) is 45.0 Å². The van der Waals surface area contributed by atoms with Crippen molar-refractivity contribution < 1.29 is 28.7 Å². The Bertz CT molecular complexity index is 587. The predicted octanol–water partition coefficient (Wildman–Crippen LogP) is 1.66. The highest BCUT2D eigenvalue weighted by Gasteiger charge is 2.30. The fourth-order valence-corrected chi connectivity index (χ4v) is 1.66. The van der Waals surface area contributed by atoms with Gasteiger partial charge in [-0.25, -0.2) is 14.0 Å². The van der Waals surface area contributed by atoms with Crippen LogP contribution in [-0.2, 0) is 17.1 Å². The van der Waals surface area contributed by atoms with E-state index in [1.54, 1.807) is 0 Å². The van der Waals surface area contributed by atoms with Crippen molar-refractivity contribution in [3.8, 4) is 0 Å². The van der Waals surface area contributed by atoms with E-state index >= 15 is 0 Å². The summed E-state index contributed by atoms with van der Waals surface area (Å²) in [5.74, 6) is -3.81. The van der Waals surface area contributed by atoms with E-state index in [2.05, 4.69) is 4.74 Å². The molecule has 0 aromatic heterocycles. The maximum atomic E-state index is 14.4. The number of rotatable bonds is 5. The summed E-state index contributed by atoms with van der Waals surface area (Å²) in [5, 5.41) is 21.4. The minimum Gasteiger partial charge on any atom is -0.478 e. The first-order valence-corrected chi connectivity index (χ1v) is 5.71. The molecule has 0 heterocycles. The third kappa shape index (κ3) is 4.13. The summed E-state index contributed by atoms with van der Waals surface area (Å²) in [4.78, 5) is 31.9. The van der Waals surface area contributed by atoms with Crippen molar-refractivity contribution in [2.75, 3.05) is 7.11 Å². The van der Waals surface area contributed by atoms with E-state index in [0.717, 1.165) is 26.2 Å². The molecule has 0 aliphatic carbocycles. The van der Waals surface area contributed by atoms with E-state index in [1.165, 1.54) is 6.07 Å². The number of nitro groups is 1. The first-order valence-electron chi connectivity index (χ1n) is 5.71. The lowest BCUT2D eigenvalue weighted by Gasteiger charge is -2.22. The number of hydrogen-bond donors (Lipinski definition) is 2. The third-order valence-corrected chi connectivity index (χ3v) is 2.70. The lowest BCUT2D eigenvalue weighted by atomic mass is 9.99. The standard InChI is InChI=1S/C12H13FN2O6/c1-12(13,14-11(18)21-2)8-4-3-7(6-15(19)20)9(5-8)10(16)17/h3-5H,6H2,1-2H3,(H,14,18)(H,16,17). The highest BCUT2D eigenvalue weighted by molar-refractivity contribution is 5.89. The molecule has 1 atom stereocenters. The van der Waals surface area contributed by atoms with Crippen molar-refractivity contribution in [1.29, 1.82) is 0 Å². The van der Waals surface area contributed by atoms with Gasteiger partial charge in [0, 0.05) is 16.1 Å². The normalized spacial score (nSPS) is 13.1. The molecule has 0 spiro atoms. The highest BCUT2D eigenvalue weighted by atomic mass is 19.1. The fraction of sp³-hybridized carbons (Fsp3) is 0.333. The van der Waals surface area contributed by atoms with E-state index < -0.39 is 34.9 Å². The van der Waals surface area contributed by atoms with Gasteiger partial charge in [-0.2, -0.15) is 0 Å². The predicted molar refractivity (Wildman–Crippen MR) is 68.1 cm³/mol. The number of nitrogens with one attached hydrogen (secondary N) is 1. The highest BCUT2D eigenvalue weighted by Crippen LogP contribution is 2.25. The molecule has 1 unspecified atom stereocenters. The van der Waals surface area contributed by atoms with Crippen LogP contribution < -0.4 is 5.32 Å².